The molecule has 92 valence electrons. The van der Waals surface area contributed by atoms with E-state index in [9.17, 15) is 4.79 Å². The van der Waals surface area contributed by atoms with E-state index in [1.165, 1.54) is 13.3 Å². The number of carboxylic acids is 1. The Bertz CT molecular complexity index is 416. The van der Waals surface area contributed by atoms with Crippen molar-refractivity contribution in [2.24, 2.45) is 0 Å². The molecule has 6 heteroatoms. The largest absolute Gasteiger partial charge is 0.481 e. The van der Waals surface area contributed by atoms with Gasteiger partial charge < -0.3 is 14.7 Å². The Morgan fingerprint density at radius 1 is 1.53 bits per heavy atom. The second-order valence-corrected chi connectivity index (χ2v) is 3.97. The summed E-state index contributed by atoms with van der Waals surface area (Å²) in [5.41, 5.74) is 0.503. The number of carboxylic acid groups (broad SMARTS) is 1. The first-order valence-corrected chi connectivity index (χ1v) is 5.57. The Morgan fingerprint density at radius 3 is 2.82 bits per heavy atom. The van der Waals surface area contributed by atoms with Crippen molar-refractivity contribution in [3.63, 3.8) is 0 Å². The van der Waals surface area contributed by atoms with Crippen LogP contribution in [-0.4, -0.2) is 41.2 Å². The first-order valence-electron chi connectivity index (χ1n) is 5.57. The van der Waals surface area contributed by atoms with Gasteiger partial charge in [0.15, 0.2) is 0 Å². The SMILES string of the molecule is COc1nc(N2CCCC2)ncc1CC(=O)O. The predicted octanol–water partition coefficient (Wildman–Crippen LogP) is 0.712. The number of methoxy groups -OCH3 is 1. The van der Waals surface area contributed by atoms with Crippen LogP contribution in [0.15, 0.2) is 6.20 Å². The third-order valence-corrected chi connectivity index (χ3v) is 2.74. The van der Waals surface area contributed by atoms with Gasteiger partial charge in [-0.3, -0.25) is 4.79 Å². The average Bonchev–Trinajstić information content (AvgIpc) is 2.82. The highest BCUT2D eigenvalue weighted by Crippen LogP contribution is 2.21. The summed E-state index contributed by atoms with van der Waals surface area (Å²) in [5.74, 6) is 0.0543. The number of nitrogens with zero attached hydrogens (tertiary/aromatic N) is 3. The maximum atomic E-state index is 10.7. The Morgan fingerprint density at radius 2 is 2.24 bits per heavy atom. The zero-order valence-corrected chi connectivity index (χ0v) is 9.72. The number of carbonyl (C=O) groups is 1. The Balaban J connectivity index is 2.23. The number of aliphatic carboxylic acids is 1. The van der Waals surface area contributed by atoms with E-state index in [-0.39, 0.29) is 6.42 Å². The summed E-state index contributed by atoms with van der Waals surface area (Å²) in [6.45, 7) is 1.89. The number of rotatable bonds is 4. The van der Waals surface area contributed by atoms with Crippen LogP contribution in [-0.2, 0) is 11.2 Å². The molecule has 0 spiro atoms. The predicted molar refractivity (Wildman–Crippen MR) is 61.4 cm³/mol. The van der Waals surface area contributed by atoms with Crippen LogP contribution < -0.4 is 9.64 Å². The molecule has 0 atom stereocenters. The number of hydrogen-bond donors (Lipinski definition) is 1. The third-order valence-electron chi connectivity index (χ3n) is 2.74. The molecule has 0 aromatic carbocycles. The fraction of sp³-hybridized carbons (Fsp3) is 0.545. The van der Waals surface area contributed by atoms with Crippen LogP contribution >= 0.6 is 0 Å². The van der Waals surface area contributed by atoms with Crippen LogP contribution in [0.4, 0.5) is 5.95 Å². The molecule has 0 amide bonds. The number of anilines is 1. The molecule has 1 aliphatic heterocycles. The Hall–Kier alpha value is -1.85. The first-order chi connectivity index (χ1) is 8.20. The normalized spacial score (nSPS) is 15.0. The summed E-state index contributed by atoms with van der Waals surface area (Å²) < 4.78 is 5.11. The van der Waals surface area contributed by atoms with E-state index in [0.717, 1.165) is 25.9 Å². The van der Waals surface area contributed by atoms with E-state index < -0.39 is 5.97 Å². The molecule has 1 N–H and O–H groups in total. The highest BCUT2D eigenvalue weighted by Gasteiger charge is 2.17. The summed E-state index contributed by atoms with van der Waals surface area (Å²) in [6, 6.07) is 0. The monoisotopic (exact) mass is 237 g/mol. The minimum atomic E-state index is -0.916. The van der Waals surface area contributed by atoms with Crippen molar-refractivity contribution in [3.8, 4) is 5.88 Å². The lowest BCUT2D eigenvalue weighted by molar-refractivity contribution is -0.136. The van der Waals surface area contributed by atoms with Gasteiger partial charge in [0.2, 0.25) is 11.8 Å². The van der Waals surface area contributed by atoms with E-state index in [1.807, 2.05) is 0 Å². The summed E-state index contributed by atoms with van der Waals surface area (Å²) in [4.78, 5) is 21.2. The number of aromatic nitrogens is 2. The maximum absolute atomic E-state index is 10.7. The van der Waals surface area contributed by atoms with E-state index in [2.05, 4.69) is 14.9 Å². The van der Waals surface area contributed by atoms with E-state index in [0.29, 0.717) is 17.4 Å². The topological polar surface area (TPSA) is 75.5 Å². The van der Waals surface area contributed by atoms with Crippen LogP contribution in [0.3, 0.4) is 0 Å². The van der Waals surface area contributed by atoms with Gasteiger partial charge in [-0.2, -0.15) is 4.98 Å². The molecule has 17 heavy (non-hydrogen) atoms. The van der Waals surface area contributed by atoms with Gasteiger partial charge in [0.1, 0.15) is 0 Å². The van der Waals surface area contributed by atoms with E-state index in [1.54, 1.807) is 0 Å². The van der Waals surface area contributed by atoms with Gasteiger partial charge in [-0.05, 0) is 12.8 Å². The lowest BCUT2D eigenvalue weighted by Crippen LogP contribution is -2.21. The molecule has 2 heterocycles. The molecule has 0 unspecified atom stereocenters. The second-order valence-electron chi connectivity index (χ2n) is 3.97. The van der Waals surface area contributed by atoms with Crippen LogP contribution in [0.5, 0.6) is 5.88 Å². The summed E-state index contributed by atoms with van der Waals surface area (Å²) in [6.07, 6.45) is 3.70. The lowest BCUT2D eigenvalue weighted by atomic mass is 10.2. The van der Waals surface area contributed by atoms with Crippen molar-refractivity contribution >= 4 is 11.9 Å². The minimum absolute atomic E-state index is 0.122. The van der Waals surface area contributed by atoms with Gasteiger partial charge in [0.25, 0.3) is 0 Å². The average molecular weight is 237 g/mol. The van der Waals surface area contributed by atoms with E-state index in [4.69, 9.17) is 9.84 Å². The molecule has 2 rings (SSSR count). The Kier molecular flexibility index (Phi) is 3.41. The lowest BCUT2D eigenvalue weighted by Gasteiger charge is -2.16. The van der Waals surface area contributed by atoms with Crippen molar-refractivity contribution in [1.29, 1.82) is 0 Å². The highest BCUT2D eigenvalue weighted by molar-refractivity contribution is 5.70. The maximum Gasteiger partial charge on any atom is 0.308 e. The fourth-order valence-corrected chi connectivity index (χ4v) is 1.91. The van der Waals surface area contributed by atoms with Crippen LogP contribution in [0.25, 0.3) is 0 Å². The third kappa shape index (κ3) is 2.64. The van der Waals surface area contributed by atoms with Gasteiger partial charge in [0.05, 0.1) is 13.5 Å². The quantitative estimate of drug-likeness (QED) is 0.831. The zero-order valence-electron chi connectivity index (χ0n) is 9.72. The van der Waals surface area contributed by atoms with Crippen molar-refractivity contribution in [2.45, 2.75) is 19.3 Å². The summed E-state index contributed by atoms with van der Waals surface area (Å²) in [7, 11) is 1.49. The molecule has 1 aromatic heterocycles. The standard InChI is InChI=1S/C11H15N3O3/c1-17-10-8(6-9(15)16)7-12-11(13-10)14-4-2-3-5-14/h7H,2-6H2,1H3,(H,15,16). The van der Waals surface area contributed by atoms with Crippen LogP contribution in [0.2, 0.25) is 0 Å². The van der Waals surface area contributed by atoms with Gasteiger partial charge in [-0.1, -0.05) is 0 Å². The van der Waals surface area contributed by atoms with Gasteiger partial charge >= 0.3 is 5.97 Å². The smallest absolute Gasteiger partial charge is 0.308 e. The molecule has 0 bridgehead atoms. The van der Waals surface area contributed by atoms with Gasteiger partial charge in [-0.25, -0.2) is 4.98 Å². The highest BCUT2D eigenvalue weighted by atomic mass is 16.5. The molecule has 1 fully saturated rings. The van der Waals surface area contributed by atoms with Crippen molar-refractivity contribution < 1.29 is 14.6 Å². The van der Waals surface area contributed by atoms with Gasteiger partial charge in [-0.15, -0.1) is 0 Å². The summed E-state index contributed by atoms with van der Waals surface area (Å²) >= 11 is 0. The first kappa shape index (κ1) is 11.6. The van der Waals surface area contributed by atoms with Crippen molar-refractivity contribution in [1.82, 2.24) is 9.97 Å². The molecule has 0 radical (unpaired) electrons. The molecule has 1 saturated heterocycles. The van der Waals surface area contributed by atoms with Crippen molar-refractivity contribution in [3.05, 3.63) is 11.8 Å². The van der Waals surface area contributed by atoms with Crippen LogP contribution in [0, 0.1) is 0 Å². The Labute approximate surface area is 99.2 Å². The van der Waals surface area contributed by atoms with Crippen LogP contribution in [0.1, 0.15) is 18.4 Å². The molecule has 1 aromatic rings. The molecular weight excluding hydrogens is 222 g/mol. The molecule has 1 aliphatic rings. The molecular formula is C11H15N3O3. The molecule has 6 nitrogen and oxygen atoms in total. The minimum Gasteiger partial charge on any atom is -0.481 e. The van der Waals surface area contributed by atoms with Crippen molar-refractivity contribution in [2.75, 3.05) is 25.1 Å². The van der Waals surface area contributed by atoms with Gasteiger partial charge in [0, 0.05) is 24.8 Å². The summed E-state index contributed by atoms with van der Waals surface area (Å²) in [5, 5.41) is 8.75. The molecule has 0 saturated carbocycles. The number of hydrogen-bond acceptors (Lipinski definition) is 5. The van der Waals surface area contributed by atoms with E-state index >= 15 is 0 Å². The molecule has 0 aliphatic carbocycles. The second kappa shape index (κ2) is 4.99. The zero-order chi connectivity index (χ0) is 12.3. The number of ether oxygens (including phenoxy) is 1. The fourth-order valence-electron chi connectivity index (χ4n) is 1.91.